The van der Waals surface area contributed by atoms with Crippen LogP contribution in [0.25, 0.3) is 10.4 Å². The molecule has 2 saturated heterocycles. The molecule has 11 heteroatoms. The van der Waals surface area contributed by atoms with Crippen LogP contribution >= 0.6 is 0 Å². The van der Waals surface area contributed by atoms with Gasteiger partial charge in [-0.2, -0.15) is 0 Å². The van der Waals surface area contributed by atoms with Gasteiger partial charge in [0.05, 0.1) is 25.4 Å². The number of hydrogen-bond donors (Lipinski definition) is 2. The first-order chi connectivity index (χ1) is 20.7. The molecule has 2 aliphatic heterocycles. The van der Waals surface area contributed by atoms with E-state index in [1.54, 1.807) is 19.9 Å². The van der Waals surface area contributed by atoms with Crippen LogP contribution < -0.4 is 0 Å². The normalized spacial score (nSPS) is 26.8. The van der Waals surface area contributed by atoms with Crippen molar-refractivity contribution >= 4 is 8.32 Å². The molecule has 0 aliphatic carbocycles. The fourth-order valence-electron chi connectivity index (χ4n) is 5.38. The molecule has 256 valence electrons. The molecular weight excluding hydrogens is 578 g/mol. The first-order valence-corrected chi connectivity index (χ1v) is 20.0. The van der Waals surface area contributed by atoms with Gasteiger partial charge in [-0.3, -0.25) is 0 Å². The summed E-state index contributed by atoms with van der Waals surface area (Å²) in [6, 6.07) is -0.874. The number of aliphatic hydroxyl groups is 2. The number of ether oxygens (including phenoxy) is 4. The molecule has 2 aliphatic rings. The standard InChI is InChI=1S/C33H63N3O7Si/c1-9-10-11-12-13-14-15-16-17-18-19-20-21-22-26(37)25(35-36-34)23-39-31-28(38)30-29(42-33(5,6)43-30)27(41-31)24-40-44(7,8)32(2,3)4/h21-22,25-31,37-38H,9-20,23-24H2,1-8H3/b22-21+/t25-,26+,27+,28+,29-,30+,31+/m0/s1. The quantitative estimate of drug-likeness (QED) is 0.0324. The summed E-state index contributed by atoms with van der Waals surface area (Å²) in [6.07, 6.45) is 13.7. The Morgan fingerprint density at radius 3 is 2.11 bits per heavy atom. The molecule has 2 rings (SSSR count). The third-order valence-corrected chi connectivity index (χ3v) is 13.7. The number of unbranched alkanes of at least 4 members (excludes halogenated alkanes) is 11. The summed E-state index contributed by atoms with van der Waals surface area (Å²) in [4.78, 5) is 2.91. The maximum absolute atomic E-state index is 11.1. The van der Waals surface area contributed by atoms with Crippen LogP contribution in [0.5, 0.6) is 0 Å². The van der Waals surface area contributed by atoms with Crippen molar-refractivity contribution in [3.63, 3.8) is 0 Å². The summed E-state index contributed by atoms with van der Waals surface area (Å²) < 4.78 is 30.7. The monoisotopic (exact) mass is 641 g/mol. The molecular formula is C33H63N3O7Si. The van der Waals surface area contributed by atoms with Crippen molar-refractivity contribution in [2.45, 2.75) is 185 Å². The van der Waals surface area contributed by atoms with E-state index in [9.17, 15) is 10.2 Å². The number of azide groups is 1. The zero-order valence-corrected chi connectivity index (χ0v) is 29.9. The number of rotatable bonds is 21. The van der Waals surface area contributed by atoms with E-state index in [1.165, 1.54) is 64.2 Å². The van der Waals surface area contributed by atoms with Crippen molar-refractivity contribution in [1.82, 2.24) is 0 Å². The average Bonchev–Trinajstić information content (AvgIpc) is 3.28. The number of nitrogens with zero attached hydrogens (tertiary/aromatic N) is 3. The zero-order chi connectivity index (χ0) is 32.8. The minimum atomic E-state index is -2.08. The zero-order valence-electron chi connectivity index (χ0n) is 28.9. The summed E-state index contributed by atoms with van der Waals surface area (Å²) in [5.41, 5.74) is 9.13. The van der Waals surface area contributed by atoms with E-state index in [0.29, 0.717) is 0 Å². The summed E-state index contributed by atoms with van der Waals surface area (Å²) in [7, 11) is -2.08. The van der Waals surface area contributed by atoms with E-state index >= 15 is 0 Å². The van der Waals surface area contributed by atoms with Crippen molar-refractivity contribution in [2.24, 2.45) is 5.11 Å². The lowest BCUT2D eigenvalue weighted by molar-refractivity contribution is -0.282. The molecule has 0 radical (unpaired) electrons. The summed E-state index contributed by atoms with van der Waals surface area (Å²) in [5, 5.41) is 25.6. The van der Waals surface area contributed by atoms with Gasteiger partial charge in [0.25, 0.3) is 0 Å². The molecule has 0 saturated carbocycles. The molecule has 0 amide bonds. The Kier molecular flexibility index (Phi) is 16.9. The summed E-state index contributed by atoms with van der Waals surface area (Å²) >= 11 is 0. The molecule has 7 atom stereocenters. The maximum Gasteiger partial charge on any atom is 0.192 e. The molecule has 0 bridgehead atoms. The van der Waals surface area contributed by atoms with Gasteiger partial charge in [0.15, 0.2) is 20.4 Å². The second-order valence-electron chi connectivity index (χ2n) is 14.5. The highest BCUT2D eigenvalue weighted by atomic mass is 28.4. The van der Waals surface area contributed by atoms with Crippen LogP contribution in [-0.2, 0) is 23.4 Å². The van der Waals surface area contributed by atoms with Crippen molar-refractivity contribution in [3.8, 4) is 0 Å². The third kappa shape index (κ3) is 13.0. The first-order valence-electron chi connectivity index (χ1n) is 17.1. The Bertz CT molecular complexity index is 891. The van der Waals surface area contributed by atoms with E-state index < -0.39 is 57.0 Å². The van der Waals surface area contributed by atoms with Gasteiger partial charge in [0.1, 0.15) is 24.4 Å². The molecule has 0 spiro atoms. The minimum absolute atomic E-state index is 0.0161. The van der Waals surface area contributed by atoms with Crippen molar-refractivity contribution in [2.75, 3.05) is 13.2 Å². The number of hydrogen-bond acceptors (Lipinski definition) is 8. The average molecular weight is 642 g/mol. The summed E-state index contributed by atoms with van der Waals surface area (Å²) in [6.45, 7) is 16.8. The molecule has 0 aromatic rings. The molecule has 2 heterocycles. The Morgan fingerprint density at radius 1 is 0.977 bits per heavy atom. The largest absolute Gasteiger partial charge is 0.414 e. The van der Waals surface area contributed by atoms with E-state index in [1.807, 2.05) is 6.08 Å². The highest BCUT2D eigenvalue weighted by molar-refractivity contribution is 6.74. The Labute approximate surface area is 268 Å². The van der Waals surface area contributed by atoms with Crippen LogP contribution in [0.1, 0.15) is 119 Å². The Hall–Kier alpha value is -1.01. The molecule has 2 fully saturated rings. The van der Waals surface area contributed by atoms with Crippen LogP contribution in [0.2, 0.25) is 18.1 Å². The predicted molar refractivity (Wildman–Crippen MR) is 177 cm³/mol. The highest BCUT2D eigenvalue weighted by Gasteiger charge is 2.55. The van der Waals surface area contributed by atoms with Gasteiger partial charge in [-0.1, -0.05) is 109 Å². The van der Waals surface area contributed by atoms with Gasteiger partial charge in [-0.15, -0.1) is 0 Å². The lowest BCUT2D eigenvalue weighted by Crippen LogP contribution is -2.59. The van der Waals surface area contributed by atoms with Gasteiger partial charge in [-0.25, -0.2) is 0 Å². The lowest BCUT2D eigenvalue weighted by atomic mass is 9.99. The number of aliphatic hydroxyl groups excluding tert-OH is 2. The predicted octanol–water partition coefficient (Wildman–Crippen LogP) is 7.93. The van der Waals surface area contributed by atoms with Crippen LogP contribution in [0, 0.1) is 0 Å². The molecule has 44 heavy (non-hydrogen) atoms. The first kappa shape index (κ1) is 39.2. The van der Waals surface area contributed by atoms with Gasteiger partial charge in [-0.05, 0) is 50.4 Å². The Morgan fingerprint density at radius 2 is 1.55 bits per heavy atom. The van der Waals surface area contributed by atoms with Gasteiger partial charge in [0, 0.05) is 4.91 Å². The van der Waals surface area contributed by atoms with Gasteiger partial charge < -0.3 is 33.6 Å². The van der Waals surface area contributed by atoms with E-state index in [0.717, 1.165) is 12.8 Å². The van der Waals surface area contributed by atoms with E-state index in [-0.39, 0.29) is 18.3 Å². The third-order valence-electron chi connectivity index (χ3n) is 9.20. The second-order valence-corrected chi connectivity index (χ2v) is 19.3. The fraction of sp³-hybridized carbons (Fsp3) is 0.939. The van der Waals surface area contributed by atoms with Crippen LogP contribution in [0.15, 0.2) is 17.3 Å². The molecule has 0 aromatic heterocycles. The topological polar surface area (TPSA) is 135 Å². The van der Waals surface area contributed by atoms with Crippen LogP contribution in [0.4, 0.5) is 0 Å². The van der Waals surface area contributed by atoms with Crippen molar-refractivity contribution in [1.29, 1.82) is 0 Å². The van der Waals surface area contributed by atoms with Gasteiger partial charge >= 0.3 is 0 Å². The smallest absolute Gasteiger partial charge is 0.192 e. The van der Waals surface area contributed by atoms with E-state index in [4.69, 9.17) is 28.9 Å². The fourth-order valence-corrected chi connectivity index (χ4v) is 6.40. The summed E-state index contributed by atoms with van der Waals surface area (Å²) in [5.74, 6) is -0.897. The minimum Gasteiger partial charge on any atom is -0.414 e. The van der Waals surface area contributed by atoms with Gasteiger partial charge in [0.2, 0.25) is 0 Å². The number of fused-ring (bicyclic) bond motifs is 1. The molecule has 10 nitrogen and oxygen atoms in total. The molecule has 0 aromatic carbocycles. The SMILES string of the molecule is CCCCCCCCCCCCC/C=C/[C@@H](O)[C@H](CO[C@@H]1O[C@H](CO[Si](C)(C)C(C)(C)C)[C@@H]2OC(C)(C)O[C@@H]2[C@H]1O)N=[N+]=[N-]. The molecule has 0 unspecified atom stereocenters. The second kappa shape index (κ2) is 19.0. The van der Waals surface area contributed by atoms with Crippen LogP contribution in [-0.4, -0.2) is 80.4 Å². The highest BCUT2D eigenvalue weighted by Crippen LogP contribution is 2.40. The molecule has 2 N–H and O–H groups in total. The maximum atomic E-state index is 11.1. The van der Waals surface area contributed by atoms with E-state index in [2.05, 4.69) is 50.8 Å². The Balaban J connectivity index is 1.84. The number of allylic oxidation sites excluding steroid dienone is 1. The van der Waals surface area contributed by atoms with Crippen molar-refractivity contribution in [3.05, 3.63) is 22.6 Å². The van der Waals surface area contributed by atoms with Crippen molar-refractivity contribution < 1.29 is 33.6 Å². The van der Waals surface area contributed by atoms with Crippen LogP contribution in [0.3, 0.4) is 0 Å². The lowest BCUT2D eigenvalue weighted by Gasteiger charge is -2.42.